The maximum Gasteiger partial charge on any atom is 0.170 e. The molecule has 21 heavy (non-hydrogen) atoms. The van der Waals surface area contributed by atoms with Crippen LogP contribution in [0.4, 0.5) is 0 Å². The molecule has 1 aromatic carbocycles. The van der Waals surface area contributed by atoms with Crippen molar-refractivity contribution < 1.29 is 4.79 Å². The van der Waals surface area contributed by atoms with Gasteiger partial charge in [-0.3, -0.25) is 4.79 Å². The van der Waals surface area contributed by atoms with Crippen molar-refractivity contribution in [2.75, 3.05) is 0 Å². The fraction of sp³-hybridized carbons (Fsp3) is 0.176. The van der Waals surface area contributed by atoms with E-state index in [-0.39, 0.29) is 0 Å². The summed E-state index contributed by atoms with van der Waals surface area (Å²) in [4.78, 5) is 15.6. The molecule has 0 aliphatic heterocycles. The zero-order chi connectivity index (χ0) is 14.8. The molecule has 0 atom stereocenters. The van der Waals surface area contributed by atoms with Gasteiger partial charge in [0.1, 0.15) is 11.5 Å². The minimum Gasteiger partial charge on any atom is -0.302 e. The number of fused-ring (bicyclic) bond motifs is 1. The van der Waals surface area contributed by atoms with Crippen LogP contribution >= 0.6 is 15.9 Å². The molecule has 3 nitrogen and oxygen atoms in total. The number of nitrogens with zero attached hydrogens (tertiary/aromatic N) is 2. The van der Waals surface area contributed by atoms with E-state index in [4.69, 9.17) is 0 Å². The molecular formula is C17H15BrN2O. The summed E-state index contributed by atoms with van der Waals surface area (Å²) in [5, 5.41) is 0. The van der Waals surface area contributed by atoms with Crippen LogP contribution in [0.3, 0.4) is 0 Å². The van der Waals surface area contributed by atoms with Crippen molar-refractivity contribution in [3.05, 3.63) is 69.7 Å². The Hall–Kier alpha value is -1.94. The Morgan fingerprint density at radius 2 is 1.90 bits per heavy atom. The molecule has 3 aromatic rings. The molecule has 0 saturated heterocycles. The van der Waals surface area contributed by atoms with Crippen LogP contribution in [0, 0.1) is 6.92 Å². The Bertz CT molecular complexity index is 790. The van der Waals surface area contributed by atoms with Gasteiger partial charge in [-0.1, -0.05) is 29.8 Å². The molecule has 0 radical (unpaired) electrons. The largest absolute Gasteiger partial charge is 0.302 e. The van der Waals surface area contributed by atoms with Gasteiger partial charge in [-0.05, 0) is 47.0 Å². The molecule has 0 unspecified atom stereocenters. The highest BCUT2D eigenvalue weighted by Gasteiger charge is 2.10. The van der Waals surface area contributed by atoms with Gasteiger partial charge in [-0.15, -0.1) is 0 Å². The van der Waals surface area contributed by atoms with E-state index < -0.39 is 0 Å². The minimum atomic E-state index is 0.501. The van der Waals surface area contributed by atoms with Crippen molar-refractivity contribution in [3.63, 3.8) is 0 Å². The summed E-state index contributed by atoms with van der Waals surface area (Å²) in [5.41, 5.74) is 3.89. The number of pyridine rings is 1. The van der Waals surface area contributed by atoms with Crippen molar-refractivity contribution in [2.24, 2.45) is 0 Å². The number of imidazole rings is 1. The van der Waals surface area contributed by atoms with E-state index >= 15 is 0 Å². The Labute approximate surface area is 131 Å². The van der Waals surface area contributed by atoms with Gasteiger partial charge >= 0.3 is 0 Å². The van der Waals surface area contributed by atoms with Crippen LogP contribution in [0.15, 0.2) is 47.1 Å². The van der Waals surface area contributed by atoms with Gasteiger partial charge in [0.25, 0.3) is 0 Å². The first-order chi connectivity index (χ1) is 10.2. The summed E-state index contributed by atoms with van der Waals surface area (Å²) in [6.45, 7) is 2.08. The second kappa shape index (κ2) is 5.82. The molecule has 0 amide bonds. The lowest BCUT2D eigenvalue weighted by Gasteiger charge is -2.03. The first-order valence-electron chi connectivity index (χ1n) is 6.84. The summed E-state index contributed by atoms with van der Waals surface area (Å²) in [6, 6.07) is 12.4. The third-order valence-electron chi connectivity index (χ3n) is 3.57. The maximum atomic E-state index is 11.1. The van der Waals surface area contributed by atoms with Crippen LogP contribution in [0.5, 0.6) is 0 Å². The van der Waals surface area contributed by atoms with Crippen LogP contribution < -0.4 is 0 Å². The summed E-state index contributed by atoms with van der Waals surface area (Å²) in [7, 11) is 0. The number of hydrogen-bond donors (Lipinski definition) is 0. The van der Waals surface area contributed by atoms with Gasteiger partial charge < -0.3 is 4.40 Å². The Kier molecular flexibility index (Phi) is 3.88. The first kappa shape index (κ1) is 14.0. The molecule has 3 rings (SSSR count). The predicted octanol–water partition coefficient (Wildman–Crippen LogP) is 4.00. The van der Waals surface area contributed by atoms with E-state index in [2.05, 4.69) is 52.1 Å². The zero-order valence-electron chi connectivity index (χ0n) is 11.7. The monoisotopic (exact) mass is 342 g/mol. The van der Waals surface area contributed by atoms with Crippen LogP contribution in [0.1, 0.15) is 27.4 Å². The quantitative estimate of drug-likeness (QED) is 0.671. The summed E-state index contributed by atoms with van der Waals surface area (Å²) < 4.78 is 2.96. The second-order valence-electron chi connectivity index (χ2n) is 5.12. The summed E-state index contributed by atoms with van der Waals surface area (Å²) in [6.07, 6.45) is 4.48. The van der Waals surface area contributed by atoms with Gasteiger partial charge in [0.2, 0.25) is 0 Å². The van der Waals surface area contributed by atoms with Crippen molar-refractivity contribution in [1.29, 1.82) is 0 Å². The molecular weight excluding hydrogens is 328 g/mol. The Morgan fingerprint density at radius 3 is 2.62 bits per heavy atom. The fourth-order valence-corrected chi connectivity index (χ4v) is 2.76. The van der Waals surface area contributed by atoms with Gasteiger partial charge in [0.05, 0.1) is 5.52 Å². The first-order valence-corrected chi connectivity index (χ1v) is 7.64. The van der Waals surface area contributed by atoms with Gasteiger partial charge in [0, 0.05) is 17.1 Å². The lowest BCUT2D eigenvalue weighted by atomic mass is 10.1. The average molecular weight is 343 g/mol. The number of hydrogen-bond acceptors (Lipinski definition) is 2. The number of carbonyl (C=O) groups excluding carboxylic acids is 1. The molecule has 0 N–H and O–H groups in total. The third kappa shape index (κ3) is 2.90. The van der Waals surface area contributed by atoms with E-state index in [0.717, 1.165) is 34.9 Å². The molecule has 0 spiro atoms. The van der Waals surface area contributed by atoms with Gasteiger partial charge in [-0.25, -0.2) is 4.98 Å². The lowest BCUT2D eigenvalue weighted by Crippen LogP contribution is -1.98. The van der Waals surface area contributed by atoms with E-state index in [0.29, 0.717) is 5.69 Å². The molecule has 4 heteroatoms. The van der Waals surface area contributed by atoms with E-state index in [1.807, 2.05) is 22.7 Å². The summed E-state index contributed by atoms with van der Waals surface area (Å²) >= 11 is 3.46. The fourth-order valence-electron chi connectivity index (χ4n) is 2.42. The van der Waals surface area contributed by atoms with E-state index in [9.17, 15) is 4.79 Å². The number of aldehydes is 1. The van der Waals surface area contributed by atoms with Crippen LogP contribution in [-0.4, -0.2) is 15.7 Å². The molecule has 0 aliphatic carbocycles. The topological polar surface area (TPSA) is 34.4 Å². The van der Waals surface area contributed by atoms with Crippen molar-refractivity contribution in [3.8, 4) is 0 Å². The van der Waals surface area contributed by atoms with Crippen molar-refractivity contribution in [1.82, 2.24) is 9.38 Å². The lowest BCUT2D eigenvalue weighted by molar-refractivity contribution is 0.112. The SMILES string of the molecule is Cc1ccc(CCc2nc(C=O)c3ccc(Br)cn23)cc1. The number of aromatic nitrogens is 2. The Balaban J connectivity index is 1.91. The molecule has 106 valence electrons. The molecule has 0 fully saturated rings. The zero-order valence-corrected chi connectivity index (χ0v) is 13.3. The van der Waals surface area contributed by atoms with Crippen LogP contribution in [0.2, 0.25) is 0 Å². The molecule has 0 aliphatic rings. The number of aryl methyl sites for hydroxylation is 3. The van der Waals surface area contributed by atoms with Crippen LogP contribution in [0.25, 0.3) is 5.52 Å². The number of benzene rings is 1. The normalized spacial score (nSPS) is 11.0. The van der Waals surface area contributed by atoms with E-state index in [1.165, 1.54) is 11.1 Å². The smallest absolute Gasteiger partial charge is 0.170 e. The summed E-state index contributed by atoms with van der Waals surface area (Å²) in [5.74, 6) is 0.911. The Morgan fingerprint density at radius 1 is 1.14 bits per heavy atom. The molecule has 2 aromatic heterocycles. The van der Waals surface area contributed by atoms with E-state index in [1.54, 1.807) is 0 Å². The minimum absolute atomic E-state index is 0.501. The number of halogens is 1. The highest BCUT2D eigenvalue weighted by Crippen LogP contribution is 2.18. The van der Waals surface area contributed by atoms with Crippen molar-refractivity contribution >= 4 is 27.7 Å². The third-order valence-corrected chi connectivity index (χ3v) is 4.04. The number of carbonyl (C=O) groups is 1. The van der Waals surface area contributed by atoms with Gasteiger partial charge in [0.15, 0.2) is 6.29 Å². The molecule has 0 saturated carbocycles. The van der Waals surface area contributed by atoms with Gasteiger partial charge in [-0.2, -0.15) is 0 Å². The second-order valence-corrected chi connectivity index (χ2v) is 6.03. The highest BCUT2D eigenvalue weighted by atomic mass is 79.9. The number of rotatable bonds is 4. The van der Waals surface area contributed by atoms with Crippen molar-refractivity contribution in [2.45, 2.75) is 19.8 Å². The maximum absolute atomic E-state index is 11.1. The van der Waals surface area contributed by atoms with Crippen LogP contribution in [-0.2, 0) is 12.8 Å². The standard InChI is InChI=1S/C17H15BrN2O/c1-12-2-4-13(5-3-12)6-9-17-19-15(11-21)16-8-7-14(18)10-20(16)17/h2-5,7-8,10-11H,6,9H2,1H3. The predicted molar refractivity (Wildman–Crippen MR) is 86.9 cm³/mol. The highest BCUT2D eigenvalue weighted by molar-refractivity contribution is 9.10. The molecule has 0 bridgehead atoms. The average Bonchev–Trinajstić information content (AvgIpc) is 2.84. The molecule has 2 heterocycles.